The number of hydrogen-bond donors (Lipinski definition) is 0. The van der Waals surface area contributed by atoms with Crippen molar-refractivity contribution in [3.8, 4) is 0 Å². The van der Waals surface area contributed by atoms with Crippen LogP contribution in [0.15, 0.2) is 144 Å². The fourth-order valence-electron chi connectivity index (χ4n) is 11.2. The molecular formula is C57H80SiZr. The second kappa shape index (κ2) is 28.1. The summed E-state index contributed by atoms with van der Waals surface area (Å²) in [4.78, 5) is 0. The van der Waals surface area contributed by atoms with E-state index in [4.69, 9.17) is 0 Å². The summed E-state index contributed by atoms with van der Waals surface area (Å²) in [5.41, 5.74) is 15.7. The molecule has 8 rings (SSSR count). The van der Waals surface area contributed by atoms with Crippen LogP contribution in [0.25, 0.3) is 0 Å². The second-order valence-corrected chi connectivity index (χ2v) is 21.7. The van der Waals surface area contributed by atoms with E-state index in [1.165, 1.54) is 114 Å². The molecule has 4 atom stereocenters. The van der Waals surface area contributed by atoms with Gasteiger partial charge in [0, 0.05) is 11.8 Å². The zero-order valence-corrected chi connectivity index (χ0v) is 41.7. The average Bonchev–Trinajstić information content (AvgIpc) is 3.94. The SMILES string of the molecule is CCCC[Si](C)(C1CCC2=C1CCCC2c1ccccc1)C1CCC2=C1CCCC2c1ccccc1.[CH2-]C.[CH2-]C.[CH3-].[CH3-].[Zr+4].c1ccc(CCCCc2ccccc2)cc1. The Labute approximate surface area is 385 Å². The molecule has 0 aromatic heterocycles. The van der Waals surface area contributed by atoms with Crippen molar-refractivity contribution in [2.24, 2.45) is 0 Å². The topological polar surface area (TPSA) is 0 Å². The molecule has 0 radical (unpaired) electrons. The van der Waals surface area contributed by atoms with Gasteiger partial charge in [-0.1, -0.05) is 176 Å². The summed E-state index contributed by atoms with van der Waals surface area (Å²) in [7, 11) is -1.50. The van der Waals surface area contributed by atoms with Gasteiger partial charge in [-0.15, -0.1) is 0 Å². The summed E-state index contributed by atoms with van der Waals surface area (Å²) in [6.07, 6.45) is 21.9. The monoisotopic (exact) mass is 883 g/mol. The molecule has 4 aliphatic rings. The van der Waals surface area contributed by atoms with Gasteiger partial charge in [0.15, 0.2) is 0 Å². The Morgan fingerprint density at radius 1 is 0.475 bits per heavy atom. The van der Waals surface area contributed by atoms with Crippen LogP contribution in [0, 0.1) is 28.7 Å². The molecule has 4 aromatic carbocycles. The van der Waals surface area contributed by atoms with Crippen LogP contribution in [0.3, 0.4) is 0 Å². The molecule has 316 valence electrons. The van der Waals surface area contributed by atoms with Gasteiger partial charge in [0.1, 0.15) is 0 Å². The summed E-state index contributed by atoms with van der Waals surface area (Å²) in [6.45, 7) is 15.3. The molecule has 0 saturated heterocycles. The van der Waals surface area contributed by atoms with E-state index in [9.17, 15) is 0 Å². The maximum atomic E-state index is 3.25. The van der Waals surface area contributed by atoms with Crippen LogP contribution in [-0.2, 0) is 39.0 Å². The Hall–Kier alpha value is -2.54. The van der Waals surface area contributed by atoms with Crippen LogP contribution >= 0.6 is 0 Å². The fraction of sp³-hybridized carbons (Fsp3) is 0.439. The van der Waals surface area contributed by atoms with Gasteiger partial charge in [-0.05, 0) is 123 Å². The van der Waals surface area contributed by atoms with Crippen LogP contribution in [-0.4, -0.2) is 8.07 Å². The Morgan fingerprint density at radius 3 is 1.19 bits per heavy atom. The molecule has 59 heavy (non-hydrogen) atoms. The van der Waals surface area contributed by atoms with E-state index in [0.717, 1.165) is 11.1 Å². The van der Waals surface area contributed by atoms with Gasteiger partial charge in [0.2, 0.25) is 0 Å². The summed E-state index contributed by atoms with van der Waals surface area (Å²) < 4.78 is 0. The summed E-state index contributed by atoms with van der Waals surface area (Å²) >= 11 is 0. The third-order valence-electron chi connectivity index (χ3n) is 13.7. The Balaban J connectivity index is 0.000000443. The maximum Gasteiger partial charge on any atom is 4.00 e. The summed E-state index contributed by atoms with van der Waals surface area (Å²) in [5.74, 6) is 1.42. The van der Waals surface area contributed by atoms with Gasteiger partial charge in [0.05, 0.1) is 8.07 Å². The molecular weight excluding hydrogens is 804 g/mol. The molecule has 0 spiro atoms. The van der Waals surface area contributed by atoms with E-state index in [1.54, 1.807) is 31.0 Å². The largest absolute Gasteiger partial charge is 4.00 e. The van der Waals surface area contributed by atoms with Crippen LogP contribution in [0.2, 0.25) is 23.7 Å². The van der Waals surface area contributed by atoms with Crippen molar-refractivity contribution in [3.05, 3.63) is 195 Å². The third kappa shape index (κ3) is 13.7. The van der Waals surface area contributed by atoms with E-state index < -0.39 is 8.07 Å². The first-order valence-electron chi connectivity index (χ1n) is 22.7. The summed E-state index contributed by atoms with van der Waals surface area (Å²) in [5, 5.41) is 0. The van der Waals surface area contributed by atoms with Crippen molar-refractivity contribution in [2.45, 2.75) is 159 Å². The molecule has 0 heterocycles. The Morgan fingerprint density at radius 2 is 0.831 bits per heavy atom. The average molecular weight is 885 g/mol. The van der Waals surface area contributed by atoms with Crippen LogP contribution in [0.5, 0.6) is 0 Å². The van der Waals surface area contributed by atoms with Gasteiger partial charge in [-0.2, -0.15) is 13.8 Å². The minimum atomic E-state index is -1.50. The molecule has 2 heteroatoms. The molecule has 4 aliphatic carbocycles. The number of benzene rings is 4. The molecule has 0 saturated carbocycles. The number of hydrogen-bond acceptors (Lipinski definition) is 0. The third-order valence-corrected chi connectivity index (χ3v) is 19.6. The predicted molar refractivity (Wildman–Crippen MR) is 262 cm³/mol. The smallest absolute Gasteiger partial charge is 0.358 e. The quantitative estimate of drug-likeness (QED) is 0.0576. The van der Waals surface area contributed by atoms with Gasteiger partial charge in [0.25, 0.3) is 0 Å². The van der Waals surface area contributed by atoms with Gasteiger partial charge in [-0.25, -0.2) is 0 Å². The zero-order valence-electron chi connectivity index (χ0n) is 38.3. The van der Waals surface area contributed by atoms with Crippen molar-refractivity contribution in [1.29, 1.82) is 0 Å². The van der Waals surface area contributed by atoms with Gasteiger partial charge < -0.3 is 28.7 Å². The van der Waals surface area contributed by atoms with Crippen LogP contribution in [0.4, 0.5) is 0 Å². The first-order valence-corrected chi connectivity index (χ1v) is 25.5. The standard InChI is InChI=1S/C35H46Si.C16H18.2C2H5.2CH3.Zr/c1-3-4-25-36(2,34-23-21-30-28(17-11-19-32(30)34)26-13-7-5-8-14-26)35-24-22-31-29(18-12-20-33(31)35)27-15-9-6-10-16-27;1-3-9-15(10-4-1)13-7-8-14-16-11-5-2-6-12-16;2*1-2;;;/h5-10,13-16,28-29,34-35H,3-4,11-12,17-25H2,1-2H3;1-6,9-12H,7-8,13-14H2;2*1H2,2H3;2*1H3;/q;;4*-1;+4. The van der Waals surface area contributed by atoms with E-state index in [0.29, 0.717) is 11.8 Å². The first kappa shape index (κ1) is 52.6. The van der Waals surface area contributed by atoms with Gasteiger partial charge >= 0.3 is 26.2 Å². The number of allylic oxidation sites excluding steroid dienone is 4. The van der Waals surface area contributed by atoms with Crippen molar-refractivity contribution < 1.29 is 26.2 Å². The predicted octanol–water partition coefficient (Wildman–Crippen LogP) is 17.6. The molecule has 4 aromatic rings. The summed E-state index contributed by atoms with van der Waals surface area (Å²) in [6, 6.07) is 46.0. The normalized spacial score (nSPS) is 21.1. The molecule has 0 nitrogen and oxygen atoms in total. The van der Waals surface area contributed by atoms with Gasteiger partial charge in [-0.3, -0.25) is 0 Å². The second-order valence-electron chi connectivity index (χ2n) is 16.8. The zero-order chi connectivity index (χ0) is 39.6. The van der Waals surface area contributed by atoms with Crippen LogP contribution < -0.4 is 0 Å². The van der Waals surface area contributed by atoms with Crippen LogP contribution in [0.1, 0.15) is 145 Å². The maximum absolute atomic E-state index is 3.25. The molecule has 0 fully saturated rings. The van der Waals surface area contributed by atoms with Crippen molar-refractivity contribution in [3.63, 3.8) is 0 Å². The van der Waals surface area contributed by atoms with E-state index in [1.807, 2.05) is 22.3 Å². The molecule has 0 amide bonds. The van der Waals surface area contributed by atoms with E-state index in [2.05, 4.69) is 149 Å². The number of rotatable bonds is 12. The minimum absolute atomic E-state index is 0. The fourth-order valence-corrected chi connectivity index (χ4v) is 17.3. The first-order chi connectivity index (χ1) is 27.7. The Bertz CT molecular complexity index is 1620. The molecule has 0 aliphatic heterocycles. The van der Waals surface area contributed by atoms with Crippen molar-refractivity contribution >= 4 is 8.07 Å². The number of aryl methyl sites for hydroxylation is 2. The Kier molecular flexibility index (Phi) is 25.1. The van der Waals surface area contributed by atoms with E-state index in [-0.39, 0.29) is 41.1 Å². The van der Waals surface area contributed by atoms with Crippen molar-refractivity contribution in [1.82, 2.24) is 0 Å². The van der Waals surface area contributed by atoms with Crippen molar-refractivity contribution in [2.75, 3.05) is 0 Å². The minimum Gasteiger partial charge on any atom is -0.358 e. The molecule has 4 unspecified atom stereocenters. The molecule has 0 bridgehead atoms. The van der Waals surface area contributed by atoms with E-state index >= 15 is 0 Å². The molecule has 0 N–H and O–H groups in total. The number of unbranched alkanes of at least 4 members (excludes halogenated alkanes) is 2.